The summed E-state index contributed by atoms with van der Waals surface area (Å²) in [7, 11) is 0. The molecule has 1 aliphatic rings. The number of alkyl carbamates (subject to hydrolysis) is 1. The van der Waals surface area contributed by atoms with E-state index in [1.54, 1.807) is 34.6 Å². The van der Waals surface area contributed by atoms with Crippen molar-refractivity contribution < 1.29 is 28.6 Å². The van der Waals surface area contributed by atoms with Gasteiger partial charge in [-0.3, -0.25) is 4.79 Å². The first-order valence-electron chi connectivity index (χ1n) is 7.66. The van der Waals surface area contributed by atoms with Crippen molar-refractivity contribution in [1.82, 2.24) is 10.2 Å². The summed E-state index contributed by atoms with van der Waals surface area (Å²) in [5, 5.41) is 2.71. The van der Waals surface area contributed by atoms with Crippen LogP contribution in [0.5, 0.6) is 0 Å². The maximum Gasteiger partial charge on any atom is 0.412 e. The van der Waals surface area contributed by atoms with Crippen LogP contribution in [0.15, 0.2) is 0 Å². The monoisotopic (exact) mass is 330 g/mol. The predicted octanol–water partition coefficient (Wildman–Crippen LogP) is 1.88. The molecule has 8 heteroatoms. The zero-order valence-electron chi connectivity index (χ0n) is 14.4. The molecule has 2 amide bonds. The van der Waals surface area contributed by atoms with Gasteiger partial charge >= 0.3 is 18.2 Å². The van der Waals surface area contributed by atoms with Crippen molar-refractivity contribution in [2.75, 3.05) is 19.9 Å². The molecule has 0 aromatic rings. The molecule has 0 aromatic carbocycles. The SMILES string of the molecule is CC(C)C(=O)OCOC(=O)N1CC[C@H](NC(=O)OC(C)(C)C)C1. The Hall–Kier alpha value is -1.99. The molecule has 23 heavy (non-hydrogen) atoms. The van der Waals surface area contributed by atoms with Crippen LogP contribution in [0.2, 0.25) is 0 Å². The first-order chi connectivity index (χ1) is 10.6. The van der Waals surface area contributed by atoms with Gasteiger partial charge in [0.25, 0.3) is 0 Å². The Morgan fingerprint density at radius 3 is 2.43 bits per heavy atom. The molecule has 0 aromatic heterocycles. The minimum atomic E-state index is -0.574. The van der Waals surface area contributed by atoms with Crippen LogP contribution in [0.25, 0.3) is 0 Å². The van der Waals surface area contributed by atoms with Crippen molar-refractivity contribution in [1.29, 1.82) is 0 Å². The summed E-state index contributed by atoms with van der Waals surface area (Å²) in [5.74, 6) is -0.702. The lowest BCUT2D eigenvalue weighted by atomic mass is 10.2. The fourth-order valence-corrected chi connectivity index (χ4v) is 1.91. The van der Waals surface area contributed by atoms with Crippen LogP contribution in [0.3, 0.4) is 0 Å². The topological polar surface area (TPSA) is 94.2 Å². The van der Waals surface area contributed by atoms with Crippen LogP contribution in [-0.4, -0.2) is 54.6 Å². The number of amides is 2. The van der Waals surface area contributed by atoms with Gasteiger partial charge in [-0.15, -0.1) is 0 Å². The van der Waals surface area contributed by atoms with Crippen molar-refractivity contribution in [3.63, 3.8) is 0 Å². The molecule has 1 aliphatic heterocycles. The third-order valence-corrected chi connectivity index (χ3v) is 3.02. The quantitative estimate of drug-likeness (QED) is 0.625. The lowest BCUT2D eigenvalue weighted by molar-refractivity contribution is -0.156. The van der Waals surface area contributed by atoms with E-state index in [1.165, 1.54) is 4.90 Å². The Morgan fingerprint density at radius 1 is 1.22 bits per heavy atom. The molecule has 8 nitrogen and oxygen atoms in total. The van der Waals surface area contributed by atoms with E-state index in [-0.39, 0.29) is 12.0 Å². The molecule has 0 unspecified atom stereocenters. The second kappa shape index (κ2) is 8.03. The van der Waals surface area contributed by atoms with Crippen LogP contribution in [0.4, 0.5) is 9.59 Å². The van der Waals surface area contributed by atoms with Crippen molar-refractivity contribution in [3.05, 3.63) is 0 Å². The number of nitrogens with zero attached hydrogens (tertiary/aromatic N) is 1. The second-order valence-electron chi connectivity index (χ2n) is 6.72. The Morgan fingerprint density at radius 2 is 1.87 bits per heavy atom. The number of ether oxygens (including phenoxy) is 3. The summed E-state index contributed by atoms with van der Waals surface area (Å²) in [6, 6.07) is -0.185. The van der Waals surface area contributed by atoms with Crippen molar-refractivity contribution in [2.24, 2.45) is 5.92 Å². The highest BCUT2D eigenvalue weighted by Gasteiger charge is 2.29. The Bertz CT molecular complexity index is 444. The fraction of sp³-hybridized carbons (Fsp3) is 0.800. The number of esters is 1. The van der Waals surface area contributed by atoms with Gasteiger partial charge in [-0.1, -0.05) is 13.8 Å². The molecule has 1 fully saturated rings. The summed E-state index contributed by atoms with van der Waals surface area (Å²) in [4.78, 5) is 36.2. The molecular formula is C15H26N2O6. The van der Waals surface area contributed by atoms with Gasteiger partial charge in [0.1, 0.15) is 5.60 Å². The molecular weight excluding hydrogens is 304 g/mol. The van der Waals surface area contributed by atoms with Gasteiger partial charge < -0.3 is 24.4 Å². The van der Waals surface area contributed by atoms with Crippen LogP contribution in [-0.2, 0) is 19.0 Å². The van der Waals surface area contributed by atoms with Gasteiger partial charge in [0.15, 0.2) is 0 Å². The number of hydrogen-bond acceptors (Lipinski definition) is 6. The Kier molecular flexibility index (Phi) is 6.65. The van der Waals surface area contributed by atoms with Crippen molar-refractivity contribution in [2.45, 2.75) is 52.7 Å². The summed E-state index contributed by atoms with van der Waals surface area (Å²) in [6.07, 6.45) is -0.473. The van der Waals surface area contributed by atoms with Crippen LogP contribution < -0.4 is 5.32 Å². The van der Waals surface area contributed by atoms with E-state index in [1.807, 2.05) is 0 Å². The lowest BCUT2D eigenvalue weighted by Gasteiger charge is -2.22. The number of nitrogens with one attached hydrogen (secondary N) is 1. The average Bonchev–Trinajstić information content (AvgIpc) is 2.84. The molecule has 0 radical (unpaired) electrons. The van der Waals surface area contributed by atoms with E-state index in [0.717, 1.165) is 0 Å². The van der Waals surface area contributed by atoms with Crippen LogP contribution in [0, 0.1) is 5.92 Å². The van der Waals surface area contributed by atoms with E-state index < -0.39 is 30.5 Å². The summed E-state index contributed by atoms with van der Waals surface area (Å²) in [6.45, 7) is 9.11. The minimum absolute atomic E-state index is 0.185. The zero-order chi connectivity index (χ0) is 17.6. The molecule has 1 saturated heterocycles. The molecule has 1 N–H and O–H groups in total. The zero-order valence-corrected chi connectivity index (χ0v) is 14.4. The maximum absolute atomic E-state index is 11.8. The number of rotatable bonds is 4. The van der Waals surface area contributed by atoms with Crippen LogP contribution in [0.1, 0.15) is 41.0 Å². The molecule has 1 heterocycles. The lowest BCUT2D eigenvalue weighted by Crippen LogP contribution is -2.41. The molecule has 0 saturated carbocycles. The van der Waals surface area contributed by atoms with Crippen LogP contribution >= 0.6 is 0 Å². The third-order valence-electron chi connectivity index (χ3n) is 3.02. The minimum Gasteiger partial charge on any atom is -0.444 e. The Balaban J connectivity index is 2.29. The second-order valence-corrected chi connectivity index (χ2v) is 6.72. The molecule has 0 bridgehead atoms. The highest BCUT2D eigenvalue weighted by molar-refractivity contribution is 5.72. The van der Waals surface area contributed by atoms with E-state index in [2.05, 4.69) is 5.32 Å². The van der Waals surface area contributed by atoms with Gasteiger partial charge in [-0.2, -0.15) is 0 Å². The highest BCUT2D eigenvalue weighted by atomic mass is 16.7. The average molecular weight is 330 g/mol. The predicted molar refractivity (Wildman–Crippen MR) is 81.6 cm³/mol. The molecule has 1 rings (SSSR count). The van der Waals surface area contributed by atoms with Gasteiger partial charge in [-0.05, 0) is 27.2 Å². The van der Waals surface area contributed by atoms with Gasteiger partial charge in [0, 0.05) is 13.1 Å². The van der Waals surface area contributed by atoms with E-state index in [4.69, 9.17) is 14.2 Å². The molecule has 1 atom stereocenters. The first-order valence-corrected chi connectivity index (χ1v) is 7.66. The molecule has 0 aliphatic carbocycles. The highest BCUT2D eigenvalue weighted by Crippen LogP contribution is 2.12. The van der Waals surface area contributed by atoms with E-state index in [9.17, 15) is 14.4 Å². The number of likely N-dealkylation sites (tertiary alicyclic amines) is 1. The largest absolute Gasteiger partial charge is 0.444 e. The van der Waals surface area contributed by atoms with Crippen molar-refractivity contribution in [3.8, 4) is 0 Å². The third kappa shape index (κ3) is 7.21. The maximum atomic E-state index is 11.8. The first kappa shape index (κ1) is 19.1. The number of carbonyl (C=O) groups is 3. The summed E-state index contributed by atoms with van der Waals surface area (Å²) >= 11 is 0. The number of hydrogen-bond donors (Lipinski definition) is 1. The summed E-state index contributed by atoms with van der Waals surface area (Å²) in [5.41, 5.74) is -0.568. The number of carbonyl (C=O) groups excluding carboxylic acids is 3. The Labute approximate surface area is 136 Å². The smallest absolute Gasteiger partial charge is 0.412 e. The van der Waals surface area contributed by atoms with Gasteiger partial charge in [0.2, 0.25) is 6.79 Å². The standard InChI is InChI=1S/C15H26N2O6/c1-10(2)12(18)21-9-22-14(20)17-7-6-11(8-17)16-13(19)23-15(3,4)5/h10-11H,6-9H2,1-5H3,(H,16,19)/t11-/m0/s1. The molecule has 0 spiro atoms. The van der Waals surface area contributed by atoms with E-state index >= 15 is 0 Å². The molecule has 132 valence electrons. The van der Waals surface area contributed by atoms with E-state index in [0.29, 0.717) is 19.5 Å². The summed E-state index contributed by atoms with van der Waals surface area (Å²) < 4.78 is 14.8. The van der Waals surface area contributed by atoms with Gasteiger partial charge in [0.05, 0.1) is 12.0 Å². The van der Waals surface area contributed by atoms with Crippen molar-refractivity contribution >= 4 is 18.2 Å². The normalized spacial score (nSPS) is 17.8. The van der Waals surface area contributed by atoms with Gasteiger partial charge in [-0.25, -0.2) is 9.59 Å². The fourth-order valence-electron chi connectivity index (χ4n) is 1.91.